The quantitative estimate of drug-likeness (QED) is 0.339. The molecule has 0 fully saturated rings. The van der Waals surface area contributed by atoms with Gasteiger partial charge < -0.3 is 9.90 Å². The van der Waals surface area contributed by atoms with Crippen molar-refractivity contribution in [1.29, 1.82) is 0 Å². The molecule has 0 aliphatic carbocycles. The number of hydrogen-bond donors (Lipinski definition) is 1. The SMILES string of the molecule is Cc1ccc(-c2cc(C(F)(F)F)nn2-c2ccc(S(=O)(=O)NOCC(=O)[O-])cc2)cc1.[Na+]. The molecule has 0 bridgehead atoms. The summed E-state index contributed by atoms with van der Waals surface area (Å²) in [6.07, 6.45) is -4.67. The van der Waals surface area contributed by atoms with E-state index >= 15 is 0 Å². The number of aryl methyl sites for hydroxylation is 1. The van der Waals surface area contributed by atoms with E-state index in [2.05, 4.69) is 9.94 Å². The fourth-order valence-electron chi connectivity index (χ4n) is 2.63. The van der Waals surface area contributed by atoms with Crippen molar-refractivity contribution in [3.63, 3.8) is 0 Å². The summed E-state index contributed by atoms with van der Waals surface area (Å²) in [4.78, 5) is 15.9. The number of alkyl halides is 3. The normalized spacial score (nSPS) is 11.8. The molecule has 1 N–H and O–H groups in total. The van der Waals surface area contributed by atoms with Gasteiger partial charge in [0.25, 0.3) is 10.0 Å². The number of nitrogens with one attached hydrogen (secondary N) is 1. The molecule has 0 saturated carbocycles. The number of nitrogens with zero attached hydrogens (tertiary/aromatic N) is 2. The van der Waals surface area contributed by atoms with E-state index < -0.39 is 34.5 Å². The van der Waals surface area contributed by atoms with Gasteiger partial charge in [0, 0.05) is 5.56 Å². The van der Waals surface area contributed by atoms with Gasteiger partial charge in [0.1, 0.15) is 6.61 Å². The van der Waals surface area contributed by atoms with Crippen molar-refractivity contribution < 1.29 is 65.9 Å². The second-order valence-electron chi connectivity index (χ2n) is 6.43. The molecule has 3 rings (SSSR count). The third-order valence-corrected chi connectivity index (χ3v) is 5.33. The first-order chi connectivity index (χ1) is 14.5. The van der Waals surface area contributed by atoms with E-state index in [-0.39, 0.29) is 45.8 Å². The summed E-state index contributed by atoms with van der Waals surface area (Å²) in [5.74, 6) is -1.62. The Balaban J connectivity index is 0.00000363. The van der Waals surface area contributed by atoms with Crippen molar-refractivity contribution in [3.05, 3.63) is 65.9 Å². The monoisotopic (exact) mass is 477 g/mol. The molecule has 1 aromatic heterocycles. The fraction of sp³-hybridized carbons (Fsp3) is 0.158. The Kier molecular flexibility index (Phi) is 8.26. The van der Waals surface area contributed by atoms with Crippen molar-refractivity contribution in [1.82, 2.24) is 14.7 Å². The molecule has 164 valence electrons. The first kappa shape index (κ1) is 26.0. The maximum Gasteiger partial charge on any atom is 1.00 e. The number of carbonyl (C=O) groups excluding carboxylic acids is 1. The van der Waals surface area contributed by atoms with Crippen molar-refractivity contribution >= 4 is 16.0 Å². The molecule has 0 amide bonds. The predicted octanol–water partition coefficient (Wildman–Crippen LogP) is -1.17. The molecule has 13 heteroatoms. The van der Waals surface area contributed by atoms with Crippen LogP contribution in [0.5, 0.6) is 0 Å². The third kappa shape index (κ3) is 6.18. The number of benzene rings is 2. The van der Waals surface area contributed by atoms with E-state index in [1.807, 2.05) is 6.92 Å². The first-order valence-electron chi connectivity index (χ1n) is 8.65. The van der Waals surface area contributed by atoms with Crippen LogP contribution in [0.2, 0.25) is 0 Å². The van der Waals surface area contributed by atoms with Gasteiger partial charge in [-0.3, -0.25) is 4.84 Å². The molecule has 0 spiro atoms. The molecule has 0 aliphatic rings. The van der Waals surface area contributed by atoms with E-state index in [0.29, 0.717) is 5.56 Å². The van der Waals surface area contributed by atoms with Crippen LogP contribution in [0.1, 0.15) is 11.3 Å². The second kappa shape index (κ2) is 10.1. The zero-order chi connectivity index (χ0) is 22.8. The number of carboxylic acids is 1. The summed E-state index contributed by atoms with van der Waals surface area (Å²) in [6.45, 7) is 0.844. The summed E-state index contributed by atoms with van der Waals surface area (Å²) in [5, 5.41) is 13.9. The number of hydrogen-bond acceptors (Lipinski definition) is 6. The molecular formula is C19H15F3N3NaO5S. The summed E-state index contributed by atoms with van der Waals surface area (Å²) >= 11 is 0. The Morgan fingerprint density at radius 1 is 1.12 bits per heavy atom. The van der Waals surface area contributed by atoms with E-state index in [9.17, 15) is 31.5 Å². The molecular weight excluding hydrogens is 462 g/mol. The van der Waals surface area contributed by atoms with Gasteiger partial charge in [0.15, 0.2) is 5.69 Å². The minimum absolute atomic E-state index is 0. The van der Waals surface area contributed by atoms with Crippen LogP contribution >= 0.6 is 0 Å². The molecule has 32 heavy (non-hydrogen) atoms. The van der Waals surface area contributed by atoms with Crippen LogP contribution < -0.4 is 39.5 Å². The molecule has 3 aromatic rings. The molecule has 8 nitrogen and oxygen atoms in total. The largest absolute Gasteiger partial charge is 1.00 e. The van der Waals surface area contributed by atoms with E-state index in [4.69, 9.17) is 0 Å². The maximum absolute atomic E-state index is 13.2. The number of carboxylic acid groups (broad SMARTS) is 1. The van der Waals surface area contributed by atoms with Crippen LogP contribution in [0.15, 0.2) is 59.5 Å². The summed E-state index contributed by atoms with van der Waals surface area (Å²) in [5.41, 5.74) is 0.660. The van der Waals surface area contributed by atoms with E-state index in [1.165, 1.54) is 12.1 Å². The molecule has 0 aliphatic heterocycles. The van der Waals surface area contributed by atoms with Crippen LogP contribution in [0, 0.1) is 6.92 Å². The van der Waals surface area contributed by atoms with Gasteiger partial charge in [0.2, 0.25) is 0 Å². The molecule has 1 heterocycles. The van der Waals surface area contributed by atoms with Crippen LogP contribution in [-0.4, -0.2) is 30.8 Å². The molecule has 2 aromatic carbocycles. The van der Waals surface area contributed by atoms with Crippen molar-refractivity contribution in [3.8, 4) is 16.9 Å². The zero-order valence-corrected chi connectivity index (χ0v) is 19.7. The fourth-order valence-corrected chi connectivity index (χ4v) is 3.43. The van der Waals surface area contributed by atoms with Crippen LogP contribution in [0.4, 0.5) is 13.2 Å². The van der Waals surface area contributed by atoms with Gasteiger partial charge in [-0.15, -0.1) is 0 Å². The predicted molar refractivity (Wildman–Crippen MR) is 100 cm³/mol. The van der Waals surface area contributed by atoms with Crippen LogP contribution in [0.25, 0.3) is 16.9 Å². The van der Waals surface area contributed by atoms with Crippen molar-refractivity contribution in [2.24, 2.45) is 0 Å². The number of halogens is 3. The Bertz CT molecular complexity index is 1190. The summed E-state index contributed by atoms with van der Waals surface area (Å²) in [7, 11) is -4.21. The average Bonchev–Trinajstić information content (AvgIpc) is 3.14. The van der Waals surface area contributed by atoms with Crippen molar-refractivity contribution in [2.75, 3.05) is 6.61 Å². The number of sulfonamides is 1. The Hall–Kier alpha value is -2.22. The van der Waals surface area contributed by atoms with Crippen molar-refractivity contribution in [2.45, 2.75) is 18.0 Å². The Morgan fingerprint density at radius 2 is 1.72 bits per heavy atom. The Labute approximate surface area is 203 Å². The van der Waals surface area contributed by atoms with Crippen LogP contribution in [0.3, 0.4) is 0 Å². The van der Waals surface area contributed by atoms with Gasteiger partial charge in [0.05, 0.1) is 22.2 Å². The van der Waals surface area contributed by atoms with Gasteiger partial charge in [-0.1, -0.05) is 34.7 Å². The van der Waals surface area contributed by atoms with E-state index in [0.717, 1.165) is 28.4 Å². The summed E-state index contributed by atoms with van der Waals surface area (Å²) in [6, 6.07) is 12.5. The van der Waals surface area contributed by atoms with Gasteiger partial charge in [-0.2, -0.15) is 18.3 Å². The second-order valence-corrected chi connectivity index (χ2v) is 8.08. The zero-order valence-electron chi connectivity index (χ0n) is 16.9. The Morgan fingerprint density at radius 3 is 2.25 bits per heavy atom. The summed E-state index contributed by atoms with van der Waals surface area (Å²) < 4.78 is 65.0. The third-order valence-electron chi connectivity index (χ3n) is 4.10. The molecule has 0 unspecified atom stereocenters. The molecule has 0 saturated heterocycles. The number of aromatic nitrogens is 2. The van der Waals surface area contributed by atoms with Gasteiger partial charge >= 0.3 is 35.7 Å². The minimum Gasteiger partial charge on any atom is -0.548 e. The topological polar surface area (TPSA) is 113 Å². The smallest absolute Gasteiger partial charge is 0.548 e. The maximum atomic E-state index is 13.2. The van der Waals surface area contributed by atoms with Gasteiger partial charge in [-0.25, -0.2) is 13.1 Å². The molecule has 0 radical (unpaired) electrons. The standard InChI is InChI=1S/C19H16F3N3O5S.Na/c1-12-2-4-13(5-3-12)16-10-17(19(20,21)22)23-25(16)14-6-8-15(9-7-14)31(28,29)24-30-11-18(26)27;/h2-10,24H,11H2,1H3,(H,26,27);/q;+1/p-1. The molecule has 0 atom stereocenters. The van der Waals surface area contributed by atoms with Gasteiger partial charge in [-0.05, 0) is 37.3 Å². The average molecular weight is 477 g/mol. The number of rotatable bonds is 7. The number of aliphatic carboxylic acids is 1. The van der Waals surface area contributed by atoms with Crippen LogP contribution in [-0.2, 0) is 25.8 Å². The minimum atomic E-state index is -4.67. The first-order valence-corrected chi connectivity index (χ1v) is 10.1. The number of carbonyl (C=O) groups is 1. The van der Waals surface area contributed by atoms with E-state index in [1.54, 1.807) is 29.2 Å².